The zero-order chi connectivity index (χ0) is 7.03. The van der Waals surface area contributed by atoms with Gasteiger partial charge in [-0.05, 0) is 6.42 Å². The molecule has 2 bridgehead atoms. The topological polar surface area (TPSA) is 44.5 Å². The van der Waals surface area contributed by atoms with E-state index in [1.165, 1.54) is 0 Å². The predicted molar refractivity (Wildman–Crippen MR) is 36.7 cm³/mol. The fourth-order valence-corrected chi connectivity index (χ4v) is 1.70. The van der Waals surface area contributed by atoms with Gasteiger partial charge in [0.2, 0.25) is 0 Å². The summed E-state index contributed by atoms with van der Waals surface area (Å²) in [7, 11) is 0. The monoisotopic (exact) mass is 143 g/mol. The molecule has 2 unspecified atom stereocenters. The Bertz CT molecular complexity index is 136. The molecule has 2 rings (SSSR count). The van der Waals surface area contributed by atoms with Crippen molar-refractivity contribution in [1.29, 1.82) is 0 Å². The molecule has 2 fully saturated rings. The number of hydrogen-bond donors (Lipinski definition) is 1. The highest BCUT2D eigenvalue weighted by molar-refractivity contribution is 4.93. The van der Waals surface area contributed by atoms with Crippen molar-refractivity contribution >= 4 is 0 Å². The van der Waals surface area contributed by atoms with Gasteiger partial charge in [-0.3, -0.25) is 0 Å². The summed E-state index contributed by atoms with van der Waals surface area (Å²) in [5, 5.41) is 0. The van der Waals surface area contributed by atoms with Gasteiger partial charge < -0.3 is 15.2 Å². The minimum atomic E-state index is -0.108. The van der Waals surface area contributed by atoms with Gasteiger partial charge in [0.25, 0.3) is 0 Å². The van der Waals surface area contributed by atoms with Crippen LogP contribution in [0, 0.1) is 0 Å². The Morgan fingerprint density at radius 3 is 3.20 bits per heavy atom. The van der Waals surface area contributed by atoms with E-state index in [0.717, 1.165) is 19.4 Å². The van der Waals surface area contributed by atoms with Crippen LogP contribution in [0.5, 0.6) is 0 Å². The molecule has 2 aliphatic heterocycles. The minimum absolute atomic E-state index is 0.108. The summed E-state index contributed by atoms with van der Waals surface area (Å²) in [4.78, 5) is 0. The maximum Gasteiger partial charge on any atom is 0.106 e. The molecule has 2 heterocycles. The van der Waals surface area contributed by atoms with Gasteiger partial charge in [0.1, 0.15) is 5.60 Å². The van der Waals surface area contributed by atoms with E-state index in [1.54, 1.807) is 0 Å². The number of ether oxygens (including phenoxy) is 2. The molecule has 2 N–H and O–H groups in total. The second-order valence-electron chi connectivity index (χ2n) is 3.16. The quantitative estimate of drug-likeness (QED) is 0.557. The first-order chi connectivity index (χ1) is 4.85. The van der Waals surface area contributed by atoms with Crippen molar-refractivity contribution in [3.05, 3.63) is 0 Å². The molecule has 0 amide bonds. The van der Waals surface area contributed by atoms with Crippen LogP contribution in [0.3, 0.4) is 0 Å². The largest absolute Gasteiger partial charge is 0.375 e. The Kier molecular flexibility index (Phi) is 1.44. The van der Waals surface area contributed by atoms with Crippen molar-refractivity contribution in [2.75, 3.05) is 19.8 Å². The Hall–Kier alpha value is -0.120. The molecular weight excluding hydrogens is 130 g/mol. The maximum absolute atomic E-state index is 5.57. The summed E-state index contributed by atoms with van der Waals surface area (Å²) in [6, 6.07) is 0. The van der Waals surface area contributed by atoms with E-state index in [4.69, 9.17) is 15.2 Å². The standard InChI is InChI=1S/C7H13NO2/c8-4-7-3-6(9-5-7)1-2-10-7/h6H,1-5,8H2. The van der Waals surface area contributed by atoms with Crippen LogP contribution < -0.4 is 5.73 Å². The molecule has 2 atom stereocenters. The maximum atomic E-state index is 5.57. The fourth-order valence-electron chi connectivity index (χ4n) is 1.70. The van der Waals surface area contributed by atoms with Crippen molar-refractivity contribution < 1.29 is 9.47 Å². The highest BCUT2D eigenvalue weighted by Gasteiger charge is 2.43. The molecule has 0 saturated carbocycles. The van der Waals surface area contributed by atoms with E-state index in [0.29, 0.717) is 19.3 Å². The van der Waals surface area contributed by atoms with E-state index >= 15 is 0 Å². The van der Waals surface area contributed by atoms with Gasteiger partial charge in [0, 0.05) is 19.6 Å². The van der Waals surface area contributed by atoms with E-state index < -0.39 is 0 Å². The number of rotatable bonds is 1. The molecule has 0 radical (unpaired) electrons. The molecule has 0 spiro atoms. The lowest BCUT2D eigenvalue weighted by Gasteiger charge is -2.29. The smallest absolute Gasteiger partial charge is 0.106 e. The first kappa shape index (κ1) is 6.58. The Labute approximate surface area is 60.5 Å². The summed E-state index contributed by atoms with van der Waals surface area (Å²) >= 11 is 0. The van der Waals surface area contributed by atoms with E-state index in [9.17, 15) is 0 Å². The van der Waals surface area contributed by atoms with Crippen LogP contribution in [0.1, 0.15) is 12.8 Å². The SMILES string of the molecule is NCC12COC(CCO1)C2. The van der Waals surface area contributed by atoms with Crippen molar-refractivity contribution in [3.8, 4) is 0 Å². The highest BCUT2D eigenvalue weighted by atomic mass is 16.6. The van der Waals surface area contributed by atoms with Gasteiger partial charge in [0.15, 0.2) is 0 Å². The van der Waals surface area contributed by atoms with Crippen molar-refractivity contribution in [2.24, 2.45) is 5.73 Å². The van der Waals surface area contributed by atoms with Crippen LogP contribution in [0.25, 0.3) is 0 Å². The van der Waals surface area contributed by atoms with E-state index in [1.807, 2.05) is 0 Å². The van der Waals surface area contributed by atoms with Crippen molar-refractivity contribution in [3.63, 3.8) is 0 Å². The number of fused-ring (bicyclic) bond motifs is 2. The molecule has 3 heteroatoms. The molecule has 2 saturated heterocycles. The molecule has 0 aliphatic carbocycles. The summed E-state index contributed by atoms with van der Waals surface area (Å²) in [5.74, 6) is 0. The van der Waals surface area contributed by atoms with Crippen LogP contribution in [-0.4, -0.2) is 31.5 Å². The second kappa shape index (κ2) is 2.19. The molecule has 0 aromatic heterocycles. The Balaban J connectivity index is 2.10. The summed E-state index contributed by atoms with van der Waals surface area (Å²) in [6.45, 7) is 2.12. The van der Waals surface area contributed by atoms with Gasteiger partial charge in [0.05, 0.1) is 12.7 Å². The van der Waals surface area contributed by atoms with Gasteiger partial charge in [-0.15, -0.1) is 0 Å². The third-order valence-electron chi connectivity index (χ3n) is 2.40. The molecular formula is C7H13NO2. The fraction of sp³-hybridized carbons (Fsp3) is 1.00. The summed E-state index contributed by atoms with van der Waals surface area (Å²) in [5.41, 5.74) is 5.46. The van der Waals surface area contributed by atoms with Crippen LogP contribution in [0.2, 0.25) is 0 Å². The predicted octanol–water partition coefficient (Wildman–Crippen LogP) is -0.107. The van der Waals surface area contributed by atoms with E-state index in [-0.39, 0.29) is 5.60 Å². The normalized spacial score (nSPS) is 45.9. The van der Waals surface area contributed by atoms with Gasteiger partial charge >= 0.3 is 0 Å². The van der Waals surface area contributed by atoms with Crippen LogP contribution in [-0.2, 0) is 9.47 Å². The zero-order valence-electron chi connectivity index (χ0n) is 6.01. The molecule has 0 aromatic rings. The van der Waals surface area contributed by atoms with Crippen molar-refractivity contribution in [2.45, 2.75) is 24.5 Å². The second-order valence-corrected chi connectivity index (χ2v) is 3.16. The lowest BCUT2D eigenvalue weighted by Crippen LogP contribution is -2.43. The summed E-state index contributed by atoms with van der Waals surface area (Å²) < 4.78 is 11.0. The van der Waals surface area contributed by atoms with Crippen LogP contribution in [0.4, 0.5) is 0 Å². The zero-order valence-corrected chi connectivity index (χ0v) is 6.01. The van der Waals surface area contributed by atoms with Crippen LogP contribution >= 0.6 is 0 Å². The summed E-state index contributed by atoms with van der Waals surface area (Å²) in [6.07, 6.45) is 2.47. The highest BCUT2D eigenvalue weighted by Crippen LogP contribution is 2.33. The third-order valence-corrected chi connectivity index (χ3v) is 2.40. The number of hydrogen-bond acceptors (Lipinski definition) is 3. The van der Waals surface area contributed by atoms with Gasteiger partial charge in [-0.1, -0.05) is 0 Å². The minimum Gasteiger partial charge on any atom is -0.375 e. The lowest BCUT2D eigenvalue weighted by atomic mass is 9.96. The first-order valence-electron chi connectivity index (χ1n) is 3.80. The molecule has 58 valence electrons. The Morgan fingerprint density at radius 2 is 2.50 bits per heavy atom. The average Bonchev–Trinajstić information content (AvgIpc) is 2.29. The first-order valence-corrected chi connectivity index (χ1v) is 3.80. The number of nitrogens with two attached hydrogens (primary N) is 1. The molecule has 3 nitrogen and oxygen atoms in total. The lowest BCUT2D eigenvalue weighted by molar-refractivity contribution is -0.0448. The Morgan fingerprint density at radius 1 is 1.60 bits per heavy atom. The average molecular weight is 143 g/mol. The molecule has 2 aliphatic rings. The third kappa shape index (κ3) is 0.856. The molecule has 0 aromatic carbocycles. The van der Waals surface area contributed by atoms with Crippen LogP contribution in [0.15, 0.2) is 0 Å². The van der Waals surface area contributed by atoms with Crippen molar-refractivity contribution in [1.82, 2.24) is 0 Å². The molecule has 10 heavy (non-hydrogen) atoms. The van der Waals surface area contributed by atoms with Gasteiger partial charge in [-0.25, -0.2) is 0 Å². The van der Waals surface area contributed by atoms with E-state index in [2.05, 4.69) is 0 Å². The van der Waals surface area contributed by atoms with Gasteiger partial charge in [-0.2, -0.15) is 0 Å².